The summed E-state index contributed by atoms with van der Waals surface area (Å²) in [4.78, 5) is 26.7. The Kier molecular flexibility index (Phi) is 5.32. The average molecular weight is 433 g/mol. The molecule has 1 N–H and O–H groups in total. The van der Waals surface area contributed by atoms with Crippen molar-refractivity contribution in [3.8, 4) is 0 Å². The Bertz CT molecular complexity index is 697. The maximum absolute atomic E-state index is 12.6. The lowest BCUT2D eigenvalue weighted by molar-refractivity contribution is -0.135. The summed E-state index contributed by atoms with van der Waals surface area (Å²) in [6, 6.07) is 7.89. The van der Waals surface area contributed by atoms with Crippen molar-refractivity contribution in [1.29, 1.82) is 0 Å². The molecule has 0 saturated heterocycles. The van der Waals surface area contributed by atoms with Crippen molar-refractivity contribution in [3.05, 3.63) is 34.3 Å². The molecule has 0 aromatic heterocycles. The first kappa shape index (κ1) is 19.0. The predicted octanol–water partition coefficient (Wildman–Crippen LogP) is 4.13. The Morgan fingerprint density at radius 1 is 1.11 bits per heavy atom. The van der Waals surface area contributed by atoms with Crippen molar-refractivity contribution in [2.24, 2.45) is 23.2 Å². The van der Waals surface area contributed by atoms with Crippen molar-refractivity contribution in [3.63, 3.8) is 0 Å². The number of halogens is 1. The van der Waals surface area contributed by atoms with Gasteiger partial charge in [0, 0.05) is 24.5 Å². The molecule has 27 heavy (non-hydrogen) atoms. The molecule has 146 valence electrons. The molecule has 4 aliphatic carbocycles. The Balaban J connectivity index is 1.27. The van der Waals surface area contributed by atoms with Crippen molar-refractivity contribution in [1.82, 2.24) is 10.2 Å². The molecule has 0 unspecified atom stereocenters. The number of hydrogen-bond acceptors (Lipinski definition) is 2. The van der Waals surface area contributed by atoms with Gasteiger partial charge in [0.25, 0.3) is 0 Å². The average Bonchev–Trinajstić information content (AvgIpc) is 2.60. The van der Waals surface area contributed by atoms with Crippen LogP contribution in [-0.2, 0) is 16.1 Å². The minimum atomic E-state index is -0.0513. The van der Waals surface area contributed by atoms with Crippen LogP contribution in [0.15, 0.2) is 28.7 Å². The summed E-state index contributed by atoms with van der Waals surface area (Å²) in [5, 5.41) is 2.90. The first-order chi connectivity index (χ1) is 12.9. The minimum absolute atomic E-state index is 0.0513. The molecule has 0 aliphatic heterocycles. The van der Waals surface area contributed by atoms with E-state index in [1.165, 1.54) is 38.5 Å². The van der Waals surface area contributed by atoms with E-state index < -0.39 is 0 Å². The van der Waals surface area contributed by atoms with Crippen LogP contribution in [0.1, 0.15) is 50.5 Å². The smallest absolute Gasteiger partial charge is 0.242 e. The van der Waals surface area contributed by atoms with Crippen LogP contribution in [0, 0.1) is 23.2 Å². The summed E-state index contributed by atoms with van der Waals surface area (Å²) >= 11 is 3.52. The zero-order chi connectivity index (χ0) is 19.0. The first-order valence-electron chi connectivity index (χ1n) is 10.2. The molecule has 4 nitrogen and oxygen atoms in total. The van der Waals surface area contributed by atoms with E-state index in [-0.39, 0.29) is 23.8 Å². The van der Waals surface area contributed by atoms with Gasteiger partial charge in [-0.2, -0.15) is 0 Å². The third kappa shape index (κ3) is 4.23. The van der Waals surface area contributed by atoms with Crippen molar-refractivity contribution >= 4 is 27.7 Å². The third-order valence-electron chi connectivity index (χ3n) is 6.93. The lowest BCUT2D eigenvalue weighted by Gasteiger charge is -2.56. The molecule has 0 spiro atoms. The highest BCUT2D eigenvalue weighted by atomic mass is 79.9. The van der Waals surface area contributed by atoms with Gasteiger partial charge >= 0.3 is 0 Å². The molecule has 0 radical (unpaired) electrons. The van der Waals surface area contributed by atoms with E-state index in [4.69, 9.17) is 0 Å². The quantitative estimate of drug-likeness (QED) is 0.734. The maximum atomic E-state index is 12.6. The van der Waals surface area contributed by atoms with E-state index in [0.29, 0.717) is 13.0 Å². The SMILES string of the molecule is CN(Cc1ccccc1Br)C(=O)CNC(=O)CC12CC3CC(CC(C3)C1)C2. The van der Waals surface area contributed by atoms with Crippen molar-refractivity contribution in [2.75, 3.05) is 13.6 Å². The van der Waals surface area contributed by atoms with Gasteiger partial charge in [-0.05, 0) is 73.3 Å². The Morgan fingerprint density at radius 3 is 2.30 bits per heavy atom. The van der Waals surface area contributed by atoms with Crippen LogP contribution in [0.2, 0.25) is 0 Å². The van der Waals surface area contributed by atoms with E-state index in [2.05, 4.69) is 21.2 Å². The Labute approximate surface area is 170 Å². The topological polar surface area (TPSA) is 49.4 Å². The van der Waals surface area contributed by atoms with Gasteiger partial charge in [0.05, 0.1) is 6.54 Å². The summed E-state index contributed by atoms with van der Waals surface area (Å²) in [6.45, 7) is 0.622. The van der Waals surface area contributed by atoms with Gasteiger partial charge in [-0.25, -0.2) is 0 Å². The number of rotatable bonds is 6. The molecule has 4 saturated carbocycles. The van der Waals surface area contributed by atoms with Gasteiger partial charge in [0.1, 0.15) is 0 Å². The van der Waals surface area contributed by atoms with Crippen LogP contribution in [0.4, 0.5) is 0 Å². The number of carbonyl (C=O) groups excluding carboxylic acids is 2. The fraction of sp³-hybridized carbons (Fsp3) is 0.636. The van der Waals surface area contributed by atoms with Crippen molar-refractivity contribution < 1.29 is 9.59 Å². The molecule has 4 fully saturated rings. The molecule has 0 atom stereocenters. The molecule has 5 heteroatoms. The fourth-order valence-corrected chi connectivity index (χ4v) is 6.60. The maximum Gasteiger partial charge on any atom is 0.242 e. The van der Waals surface area contributed by atoms with E-state index in [9.17, 15) is 9.59 Å². The van der Waals surface area contributed by atoms with Crippen LogP contribution >= 0.6 is 15.9 Å². The molecule has 2 amide bonds. The van der Waals surface area contributed by atoms with Gasteiger partial charge in [-0.15, -0.1) is 0 Å². The monoisotopic (exact) mass is 432 g/mol. The highest BCUT2D eigenvalue weighted by Crippen LogP contribution is 2.61. The summed E-state index contributed by atoms with van der Waals surface area (Å²) in [6.07, 6.45) is 8.45. The zero-order valence-electron chi connectivity index (χ0n) is 16.0. The van der Waals surface area contributed by atoms with Crippen LogP contribution in [-0.4, -0.2) is 30.3 Å². The normalized spacial score (nSPS) is 31.0. The predicted molar refractivity (Wildman–Crippen MR) is 109 cm³/mol. The summed E-state index contributed by atoms with van der Waals surface area (Å²) in [5.74, 6) is 2.55. The number of benzene rings is 1. The van der Waals surface area contributed by atoms with Gasteiger partial charge in [0.2, 0.25) is 11.8 Å². The largest absolute Gasteiger partial charge is 0.347 e. The number of amides is 2. The second kappa shape index (κ2) is 7.57. The van der Waals surface area contributed by atoms with Gasteiger partial charge in [-0.3, -0.25) is 9.59 Å². The molecule has 1 aromatic rings. The highest BCUT2D eigenvalue weighted by Gasteiger charge is 2.51. The zero-order valence-corrected chi connectivity index (χ0v) is 17.6. The van der Waals surface area contributed by atoms with Crippen LogP contribution < -0.4 is 5.32 Å². The van der Waals surface area contributed by atoms with Gasteiger partial charge in [-0.1, -0.05) is 34.1 Å². The number of likely N-dealkylation sites (N-methyl/N-ethyl adjacent to an activating group) is 1. The second-order valence-electron chi connectivity index (χ2n) is 9.21. The summed E-state index contributed by atoms with van der Waals surface area (Å²) in [7, 11) is 1.78. The van der Waals surface area contributed by atoms with Gasteiger partial charge < -0.3 is 10.2 Å². The summed E-state index contributed by atoms with van der Waals surface area (Å²) in [5.41, 5.74) is 1.29. The summed E-state index contributed by atoms with van der Waals surface area (Å²) < 4.78 is 0.996. The Hall–Kier alpha value is -1.36. The molecular formula is C22H29BrN2O2. The fourth-order valence-electron chi connectivity index (χ4n) is 6.19. The van der Waals surface area contributed by atoms with E-state index in [1.54, 1.807) is 11.9 Å². The van der Waals surface area contributed by atoms with Crippen LogP contribution in [0.25, 0.3) is 0 Å². The standard InChI is InChI=1S/C22H29BrN2O2/c1-25(14-18-4-2-3-5-19(18)23)21(27)13-24-20(26)12-22-9-15-6-16(10-22)8-17(7-15)11-22/h2-5,15-17H,6-14H2,1H3,(H,24,26). The second-order valence-corrected chi connectivity index (χ2v) is 10.1. The van der Waals surface area contributed by atoms with Crippen LogP contribution in [0.3, 0.4) is 0 Å². The third-order valence-corrected chi connectivity index (χ3v) is 7.70. The van der Waals surface area contributed by atoms with Gasteiger partial charge in [0.15, 0.2) is 0 Å². The molecule has 4 bridgehead atoms. The first-order valence-corrected chi connectivity index (χ1v) is 11.0. The molecule has 5 rings (SSSR count). The molecular weight excluding hydrogens is 404 g/mol. The number of nitrogens with one attached hydrogen (secondary N) is 1. The molecule has 1 aromatic carbocycles. The number of carbonyl (C=O) groups is 2. The van der Waals surface area contributed by atoms with E-state index >= 15 is 0 Å². The van der Waals surface area contributed by atoms with Crippen molar-refractivity contribution in [2.45, 2.75) is 51.5 Å². The van der Waals surface area contributed by atoms with E-state index in [1.807, 2.05) is 24.3 Å². The lowest BCUT2D eigenvalue weighted by atomic mass is 9.49. The molecule has 0 heterocycles. The minimum Gasteiger partial charge on any atom is -0.347 e. The highest BCUT2D eigenvalue weighted by molar-refractivity contribution is 9.10. The molecule has 4 aliphatic rings. The number of hydrogen-bond donors (Lipinski definition) is 1. The van der Waals surface area contributed by atoms with Crippen LogP contribution in [0.5, 0.6) is 0 Å². The number of nitrogens with zero attached hydrogens (tertiary/aromatic N) is 1. The Morgan fingerprint density at radius 2 is 1.70 bits per heavy atom. The van der Waals surface area contributed by atoms with E-state index in [0.717, 1.165) is 27.8 Å². The lowest BCUT2D eigenvalue weighted by Crippen LogP contribution is -2.48.